The molecule has 1 aliphatic rings. The van der Waals surface area contributed by atoms with E-state index in [4.69, 9.17) is 16.3 Å². The van der Waals surface area contributed by atoms with Gasteiger partial charge in [-0.15, -0.1) is 10.2 Å². The summed E-state index contributed by atoms with van der Waals surface area (Å²) in [6.07, 6.45) is 3.81. The van der Waals surface area contributed by atoms with Gasteiger partial charge in [-0.3, -0.25) is 0 Å². The molecule has 0 N–H and O–H groups in total. The Bertz CT molecular complexity index is 1160. The third-order valence-corrected chi connectivity index (χ3v) is 7.58. The molecule has 0 aliphatic heterocycles. The normalized spacial score (nSPS) is 16.3. The Morgan fingerprint density at radius 3 is 2.34 bits per heavy atom. The van der Waals surface area contributed by atoms with Crippen molar-refractivity contribution in [2.75, 3.05) is 0 Å². The highest BCUT2D eigenvalue weighted by molar-refractivity contribution is 7.91. The van der Waals surface area contributed by atoms with Gasteiger partial charge >= 0.3 is 0 Å². The van der Waals surface area contributed by atoms with Crippen LogP contribution in [0.25, 0.3) is 11.4 Å². The van der Waals surface area contributed by atoms with Crippen LogP contribution in [-0.4, -0.2) is 44.5 Å². The zero-order valence-corrected chi connectivity index (χ0v) is 19.8. The summed E-state index contributed by atoms with van der Waals surface area (Å²) >= 11 is 5.90. The van der Waals surface area contributed by atoms with E-state index < -0.39 is 21.2 Å². The molecule has 2 aromatic heterocycles. The van der Waals surface area contributed by atoms with Crippen molar-refractivity contribution < 1.29 is 13.2 Å². The molecular weight excluding hydrogens is 450 g/mol. The Balaban J connectivity index is 1.64. The van der Waals surface area contributed by atoms with Crippen LogP contribution in [0.5, 0.6) is 0 Å². The summed E-state index contributed by atoms with van der Waals surface area (Å²) in [6, 6.07) is 9.92. The highest BCUT2D eigenvalue weighted by Crippen LogP contribution is 2.39. The van der Waals surface area contributed by atoms with E-state index in [1.807, 2.05) is 48.7 Å². The number of halogens is 1. The zero-order valence-electron chi connectivity index (χ0n) is 18.2. The molecule has 0 unspecified atom stereocenters. The van der Waals surface area contributed by atoms with E-state index in [2.05, 4.69) is 20.2 Å². The van der Waals surface area contributed by atoms with Gasteiger partial charge in [0, 0.05) is 24.0 Å². The van der Waals surface area contributed by atoms with Gasteiger partial charge in [0.15, 0.2) is 21.5 Å². The number of aromatic nitrogens is 5. The first-order valence-corrected chi connectivity index (χ1v) is 12.7. The number of benzene rings is 1. The van der Waals surface area contributed by atoms with Crippen LogP contribution in [0, 0.1) is 0 Å². The molecule has 0 bridgehead atoms. The second kappa shape index (κ2) is 9.25. The smallest absolute Gasteiger partial charge is 0.164 e. The molecule has 0 spiro atoms. The second-order valence-corrected chi connectivity index (χ2v) is 11.1. The molecule has 2 heterocycles. The summed E-state index contributed by atoms with van der Waals surface area (Å²) < 4.78 is 34.8. The summed E-state index contributed by atoms with van der Waals surface area (Å²) in [5.41, 5.74) is 0.916. The first-order chi connectivity index (χ1) is 15.3. The number of hydrogen-bond acceptors (Lipinski definition) is 7. The minimum Gasteiger partial charge on any atom is -0.366 e. The second-order valence-electron chi connectivity index (χ2n) is 8.28. The van der Waals surface area contributed by atoms with Crippen LogP contribution in [0.1, 0.15) is 57.4 Å². The predicted molar refractivity (Wildman–Crippen MR) is 122 cm³/mol. The predicted octanol–water partition coefficient (Wildman–Crippen LogP) is 4.19. The van der Waals surface area contributed by atoms with Gasteiger partial charge in [0.05, 0.1) is 16.4 Å². The standard InChI is InChI=1S/C22H26ClN5O3S/c1-14(2)31-20(21-24-11-17(23)12-25-21)15(3)32(29,30)13-19-26-27-22(28(19)18-9-10-18)16-7-5-4-6-8-16/h4-8,11-12,14-15,18,20H,9-10,13H2,1-3H3/t15-,20+/m0/s1. The summed E-state index contributed by atoms with van der Waals surface area (Å²) in [4.78, 5) is 8.41. The molecule has 1 aliphatic carbocycles. The molecule has 2 atom stereocenters. The van der Waals surface area contributed by atoms with Crippen molar-refractivity contribution in [2.24, 2.45) is 0 Å². The number of sulfone groups is 1. The summed E-state index contributed by atoms with van der Waals surface area (Å²) in [6.45, 7) is 5.31. The maximum absolute atomic E-state index is 13.5. The van der Waals surface area contributed by atoms with E-state index in [-0.39, 0.29) is 23.7 Å². The fourth-order valence-corrected chi connectivity index (χ4v) is 5.05. The minimum atomic E-state index is -3.67. The highest BCUT2D eigenvalue weighted by atomic mass is 35.5. The van der Waals surface area contributed by atoms with Crippen LogP contribution in [0.3, 0.4) is 0 Å². The lowest BCUT2D eigenvalue weighted by atomic mass is 10.2. The van der Waals surface area contributed by atoms with Gasteiger partial charge in [0.2, 0.25) is 0 Å². The van der Waals surface area contributed by atoms with Gasteiger partial charge in [0.1, 0.15) is 17.7 Å². The molecule has 3 aromatic rings. The third kappa shape index (κ3) is 5.00. The van der Waals surface area contributed by atoms with Crippen molar-refractivity contribution in [3.8, 4) is 11.4 Å². The Labute approximate surface area is 192 Å². The molecule has 8 nitrogen and oxygen atoms in total. The largest absolute Gasteiger partial charge is 0.366 e. The number of ether oxygens (including phenoxy) is 1. The molecule has 1 saturated carbocycles. The van der Waals surface area contributed by atoms with Crippen molar-refractivity contribution >= 4 is 21.4 Å². The monoisotopic (exact) mass is 475 g/mol. The molecule has 170 valence electrons. The first kappa shape index (κ1) is 22.8. The maximum atomic E-state index is 13.5. The molecule has 1 fully saturated rings. The Hall–Kier alpha value is -2.36. The topological polar surface area (TPSA) is 99.9 Å². The molecule has 0 amide bonds. The third-order valence-electron chi connectivity index (χ3n) is 5.35. The summed E-state index contributed by atoms with van der Waals surface area (Å²) in [5.74, 6) is 1.18. The number of rotatable bonds is 9. The van der Waals surface area contributed by atoms with Crippen LogP contribution in [0.15, 0.2) is 42.7 Å². The van der Waals surface area contributed by atoms with Crippen molar-refractivity contribution in [1.29, 1.82) is 0 Å². The Morgan fingerprint density at radius 1 is 1.09 bits per heavy atom. The summed E-state index contributed by atoms with van der Waals surface area (Å²) in [7, 11) is -3.67. The fraction of sp³-hybridized carbons (Fsp3) is 0.455. The molecular formula is C22H26ClN5O3S. The maximum Gasteiger partial charge on any atom is 0.164 e. The SMILES string of the molecule is CC(C)O[C@@H](c1ncc(Cl)cn1)[C@H](C)S(=O)(=O)Cc1nnc(-c2ccccc2)n1C1CC1. The highest BCUT2D eigenvalue weighted by Gasteiger charge is 2.37. The number of nitrogens with zero attached hydrogens (tertiary/aromatic N) is 5. The average molecular weight is 476 g/mol. The van der Waals surface area contributed by atoms with Gasteiger partial charge in [-0.2, -0.15) is 0 Å². The average Bonchev–Trinajstić information content (AvgIpc) is 3.52. The molecule has 10 heteroatoms. The van der Waals surface area contributed by atoms with Gasteiger partial charge in [0.25, 0.3) is 0 Å². The molecule has 1 aromatic carbocycles. The van der Waals surface area contributed by atoms with Crippen LogP contribution in [0.4, 0.5) is 0 Å². The van der Waals surface area contributed by atoms with Crippen LogP contribution in [0.2, 0.25) is 5.02 Å². The van der Waals surface area contributed by atoms with E-state index in [0.717, 1.165) is 18.4 Å². The van der Waals surface area contributed by atoms with E-state index in [1.165, 1.54) is 12.4 Å². The van der Waals surface area contributed by atoms with Crippen LogP contribution < -0.4 is 0 Å². The summed E-state index contributed by atoms with van der Waals surface area (Å²) in [5, 5.41) is 8.08. The van der Waals surface area contributed by atoms with Crippen molar-refractivity contribution in [3.05, 3.63) is 59.4 Å². The molecule has 4 rings (SSSR count). The van der Waals surface area contributed by atoms with Crippen molar-refractivity contribution in [1.82, 2.24) is 24.7 Å². The van der Waals surface area contributed by atoms with E-state index in [1.54, 1.807) is 6.92 Å². The van der Waals surface area contributed by atoms with Gasteiger partial charge < -0.3 is 9.30 Å². The zero-order chi connectivity index (χ0) is 22.9. The Morgan fingerprint density at radius 2 is 1.75 bits per heavy atom. The van der Waals surface area contributed by atoms with Gasteiger partial charge in [-0.25, -0.2) is 18.4 Å². The van der Waals surface area contributed by atoms with E-state index >= 15 is 0 Å². The molecule has 0 radical (unpaired) electrons. The van der Waals surface area contributed by atoms with Gasteiger partial charge in [-0.1, -0.05) is 41.9 Å². The van der Waals surface area contributed by atoms with Gasteiger partial charge in [-0.05, 0) is 33.6 Å². The van der Waals surface area contributed by atoms with Crippen LogP contribution in [-0.2, 0) is 20.3 Å². The minimum absolute atomic E-state index is 0.211. The molecule has 0 saturated heterocycles. The quantitative estimate of drug-likeness (QED) is 0.457. The first-order valence-electron chi connectivity index (χ1n) is 10.6. The Kier molecular flexibility index (Phi) is 6.60. The molecule has 32 heavy (non-hydrogen) atoms. The lowest BCUT2D eigenvalue weighted by Gasteiger charge is -2.25. The lowest BCUT2D eigenvalue weighted by molar-refractivity contribution is 0.00143. The van der Waals surface area contributed by atoms with Crippen LogP contribution >= 0.6 is 11.6 Å². The number of hydrogen-bond donors (Lipinski definition) is 0. The van der Waals surface area contributed by atoms with E-state index in [0.29, 0.717) is 16.7 Å². The fourth-order valence-electron chi connectivity index (χ4n) is 3.57. The van der Waals surface area contributed by atoms with Crippen molar-refractivity contribution in [3.63, 3.8) is 0 Å². The van der Waals surface area contributed by atoms with E-state index in [9.17, 15) is 8.42 Å². The van der Waals surface area contributed by atoms with Crippen molar-refractivity contribution in [2.45, 2.75) is 62.9 Å². The lowest BCUT2D eigenvalue weighted by Crippen LogP contribution is -2.32.